The highest BCUT2D eigenvalue weighted by molar-refractivity contribution is 6.32. The molecule has 4 heteroatoms. The van der Waals surface area contributed by atoms with Gasteiger partial charge in [0.2, 0.25) is 0 Å². The third-order valence-corrected chi connectivity index (χ3v) is 2.55. The molecule has 0 aliphatic rings. The summed E-state index contributed by atoms with van der Waals surface area (Å²) in [6.07, 6.45) is 0. The number of anilines is 1. The molecule has 0 amide bonds. The van der Waals surface area contributed by atoms with Gasteiger partial charge < -0.3 is 11.5 Å². The summed E-state index contributed by atoms with van der Waals surface area (Å²) < 4.78 is 0. The molecule has 0 spiro atoms. The molecule has 15 heavy (non-hydrogen) atoms. The molecule has 0 aromatic heterocycles. The van der Waals surface area contributed by atoms with Gasteiger partial charge in [-0.25, -0.2) is 0 Å². The predicted octanol–water partition coefficient (Wildman–Crippen LogP) is 2.50. The number of nitrogen functional groups attached to an aromatic ring is 2. The van der Waals surface area contributed by atoms with Gasteiger partial charge in [-0.2, -0.15) is 0 Å². The van der Waals surface area contributed by atoms with Gasteiger partial charge in [-0.1, -0.05) is 32.4 Å². The van der Waals surface area contributed by atoms with Crippen LogP contribution in [-0.2, 0) is 5.41 Å². The van der Waals surface area contributed by atoms with Gasteiger partial charge in [-0.3, -0.25) is 5.41 Å². The maximum atomic E-state index is 7.40. The summed E-state index contributed by atoms with van der Waals surface area (Å²) in [5.41, 5.74) is 13.0. The zero-order valence-corrected chi connectivity index (χ0v) is 9.94. The first-order valence-electron chi connectivity index (χ1n) is 4.67. The lowest BCUT2D eigenvalue weighted by atomic mass is 9.85. The molecular weight excluding hydrogens is 210 g/mol. The van der Waals surface area contributed by atoms with Gasteiger partial charge in [0.25, 0.3) is 0 Å². The summed E-state index contributed by atoms with van der Waals surface area (Å²) >= 11 is 6.10. The fourth-order valence-electron chi connectivity index (χ4n) is 1.40. The summed E-state index contributed by atoms with van der Waals surface area (Å²) in [6.45, 7) is 6.15. The predicted molar refractivity (Wildman–Crippen MR) is 65.6 cm³/mol. The third-order valence-electron chi connectivity index (χ3n) is 2.24. The Morgan fingerprint density at radius 2 is 1.87 bits per heavy atom. The number of nitrogens with two attached hydrogens (primary N) is 2. The first kappa shape index (κ1) is 11.9. The molecule has 5 N–H and O–H groups in total. The van der Waals surface area contributed by atoms with Gasteiger partial charge in [0.1, 0.15) is 5.84 Å². The Balaban J connectivity index is 3.43. The van der Waals surface area contributed by atoms with Crippen molar-refractivity contribution < 1.29 is 0 Å². The van der Waals surface area contributed by atoms with Crippen LogP contribution in [0.1, 0.15) is 31.9 Å². The topological polar surface area (TPSA) is 75.9 Å². The van der Waals surface area contributed by atoms with Crippen molar-refractivity contribution in [2.24, 2.45) is 5.73 Å². The molecular formula is C11H16ClN3. The van der Waals surface area contributed by atoms with Crippen molar-refractivity contribution in [3.8, 4) is 0 Å². The van der Waals surface area contributed by atoms with Gasteiger partial charge in [0.15, 0.2) is 0 Å². The molecule has 0 aliphatic heterocycles. The molecule has 0 fully saturated rings. The van der Waals surface area contributed by atoms with Crippen LogP contribution in [0.4, 0.5) is 5.69 Å². The second-order valence-corrected chi connectivity index (χ2v) is 4.99. The number of hydrogen-bond donors (Lipinski definition) is 3. The van der Waals surface area contributed by atoms with Crippen molar-refractivity contribution in [2.75, 3.05) is 5.73 Å². The van der Waals surface area contributed by atoms with Crippen molar-refractivity contribution in [3.63, 3.8) is 0 Å². The van der Waals surface area contributed by atoms with Crippen LogP contribution >= 0.6 is 11.6 Å². The molecule has 0 heterocycles. The zero-order valence-electron chi connectivity index (χ0n) is 9.19. The second-order valence-electron chi connectivity index (χ2n) is 4.58. The SMILES string of the molecule is CC(C)(C)c1cc(C(=N)N)c(N)cc1Cl. The summed E-state index contributed by atoms with van der Waals surface area (Å²) in [7, 11) is 0. The average molecular weight is 226 g/mol. The molecule has 0 unspecified atom stereocenters. The Morgan fingerprint density at radius 3 is 2.27 bits per heavy atom. The van der Waals surface area contributed by atoms with Crippen LogP contribution in [0, 0.1) is 5.41 Å². The van der Waals surface area contributed by atoms with Crippen molar-refractivity contribution in [2.45, 2.75) is 26.2 Å². The van der Waals surface area contributed by atoms with Crippen LogP contribution in [0.25, 0.3) is 0 Å². The van der Waals surface area contributed by atoms with E-state index in [-0.39, 0.29) is 11.3 Å². The van der Waals surface area contributed by atoms with Gasteiger partial charge >= 0.3 is 0 Å². The van der Waals surface area contributed by atoms with Crippen LogP contribution in [0.15, 0.2) is 12.1 Å². The molecule has 1 rings (SSSR count). The van der Waals surface area contributed by atoms with Crippen molar-refractivity contribution >= 4 is 23.1 Å². The Labute approximate surface area is 94.9 Å². The van der Waals surface area contributed by atoms with Gasteiger partial charge in [-0.15, -0.1) is 0 Å². The monoisotopic (exact) mass is 225 g/mol. The largest absolute Gasteiger partial charge is 0.398 e. The lowest BCUT2D eigenvalue weighted by molar-refractivity contribution is 0.590. The van der Waals surface area contributed by atoms with Crippen LogP contribution in [0.5, 0.6) is 0 Å². The Hall–Kier alpha value is -1.22. The van der Waals surface area contributed by atoms with Crippen LogP contribution in [0.2, 0.25) is 5.02 Å². The number of amidine groups is 1. The second kappa shape index (κ2) is 3.74. The van der Waals surface area contributed by atoms with Crippen LogP contribution in [-0.4, -0.2) is 5.84 Å². The maximum Gasteiger partial charge on any atom is 0.124 e. The number of benzene rings is 1. The molecule has 0 aliphatic carbocycles. The lowest BCUT2D eigenvalue weighted by Gasteiger charge is -2.22. The van der Waals surface area contributed by atoms with Gasteiger partial charge in [0.05, 0.1) is 0 Å². The van der Waals surface area contributed by atoms with Gasteiger partial charge in [-0.05, 0) is 23.1 Å². The summed E-state index contributed by atoms with van der Waals surface area (Å²) in [6, 6.07) is 3.44. The highest BCUT2D eigenvalue weighted by Crippen LogP contribution is 2.32. The first-order valence-corrected chi connectivity index (χ1v) is 5.05. The van der Waals surface area contributed by atoms with Crippen molar-refractivity contribution in [3.05, 3.63) is 28.3 Å². The summed E-state index contributed by atoms with van der Waals surface area (Å²) in [5, 5.41) is 8.02. The van der Waals surface area contributed by atoms with Crippen molar-refractivity contribution in [1.82, 2.24) is 0 Å². The molecule has 3 nitrogen and oxygen atoms in total. The average Bonchev–Trinajstić information content (AvgIpc) is 2.00. The van der Waals surface area contributed by atoms with Gasteiger partial charge in [0, 0.05) is 16.3 Å². The molecule has 0 radical (unpaired) electrons. The fourth-order valence-corrected chi connectivity index (χ4v) is 1.85. The Morgan fingerprint density at radius 1 is 1.33 bits per heavy atom. The lowest BCUT2D eigenvalue weighted by Crippen LogP contribution is -2.18. The molecule has 0 bridgehead atoms. The van der Waals surface area contributed by atoms with E-state index in [4.69, 9.17) is 28.5 Å². The minimum Gasteiger partial charge on any atom is -0.398 e. The van der Waals surface area contributed by atoms with E-state index in [1.165, 1.54) is 0 Å². The zero-order chi connectivity index (χ0) is 11.8. The smallest absolute Gasteiger partial charge is 0.124 e. The molecule has 0 saturated heterocycles. The first-order chi connectivity index (χ1) is 6.73. The highest BCUT2D eigenvalue weighted by Gasteiger charge is 2.19. The number of halogens is 1. The molecule has 82 valence electrons. The third kappa shape index (κ3) is 2.42. The minimum absolute atomic E-state index is 0.0327. The quantitative estimate of drug-likeness (QED) is 0.390. The number of hydrogen-bond acceptors (Lipinski definition) is 2. The summed E-state index contributed by atoms with van der Waals surface area (Å²) in [5.74, 6) is -0.0327. The molecule has 1 aromatic rings. The maximum absolute atomic E-state index is 7.40. The van der Waals surface area contributed by atoms with Crippen LogP contribution < -0.4 is 11.5 Å². The highest BCUT2D eigenvalue weighted by atomic mass is 35.5. The Bertz CT molecular complexity index is 405. The Kier molecular flexibility index (Phi) is 2.95. The van der Waals surface area contributed by atoms with E-state index >= 15 is 0 Å². The number of nitrogens with one attached hydrogen (secondary N) is 1. The number of rotatable bonds is 1. The van der Waals surface area contributed by atoms with E-state index in [0.29, 0.717) is 16.3 Å². The van der Waals surface area contributed by atoms with E-state index < -0.39 is 0 Å². The van der Waals surface area contributed by atoms with E-state index in [1.807, 2.05) is 20.8 Å². The minimum atomic E-state index is -0.0883. The van der Waals surface area contributed by atoms with E-state index in [0.717, 1.165) is 5.56 Å². The van der Waals surface area contributed by atoms with E-state index in [9.17, 15) is 0 Å². The van der Waals surface area contributed by atoms with E-state index in [1.54, 1.807) is 12.1 Å². The normalized spacial score (nSPS) is 11.5. The fraction of sp³-hybridized carbons (Fsp3) is 0.364. The summed E-state index contributed by atoms with van der Waals surface area (Å²) in [4.78, 5) is 0. The molecule has 0 saturated carbocycles. The standard InChI is InChI=1S/C11H16ClN3/c1-11(2,3)7-4-6(10(14)15)9(13)5-8(7)12/h4-5H,13H2,1-3H3,(H3,14,15). The van der Waals surface area contributed by atoms with Crippen molar-refractivity contribution in [1.29, 1.82) is 5.41 Å². The molecule has 1 aromatic carbocycles. The van der Waals surface area contributed by atoms with Crippen LogP contribution in [0.3, 0.4) is 0 Å². The molecule has 0 atom stereocenters. The van der Waals surface area contributed by atoms with E-state index in [2.05, 4.69) is 0 Å².